The molecule has 2 aromatic rings. The van der Waals surface area contributed by atoms with Gasteiger partial charge < -0.3 is 25.1 Å². The van der Waals surface area contributed by atoms with Gasteiger partial charge in [-0.15, -0.1) is 12.4 Å². The summed E-state index contributed by atoms with van der Waals surface area (Å²) in [5.41, 5.74) is 0.443. The largest absolute Gasteiger partial charge is 0.459 e. The third-order valence-electron chi connectivity index (χ3n) is 4.68. The molecule has 1 aliphatic heterocycles. The molecule has 3 N–H and O–H groups in total. The summed E-state index contributed by atoms with van der Waals surface area (Å²) in [5.74, 6) is -0.294. The summed E-state index contributed by atoms with van der Waals surface area (Å²) in [4.78, 5) is 24.9. The number of carbonyl (C=O) groups is 2. The summed E-state index contributed by atoms with van der Waals surface area (Å²) in [7, 11) is 1.60. The van der Waals surface area contributed by atoms with Crippen molar-refractivity contribution in [3.8, 4) is 0 Å². The molecule has 2 amide bonds. The van der Waals surface area contributed by atoms with E-state index in [-0.39, 0.29) is 24.1 Å². The molecule has 0 atom stereocenters. The molecule has 0 saturated carbocycles. The van der Waals surface area contributed by atoms with Crippen molar-refractivity contribution in [3.05, 3.63) is 47.4 Å². The molecule has 7 nitrogen and oxygen atoms in total. The fourth-order valence-corrected chi connectivity index (χ4v) is 3.40. The molecule has 1 aromatic heterocycles. The number of halogens is 2. The number of rotatable bonds is 6. The molecule has 0 bridgehead atoms. The van der Waals surface area contributed by atoms with Crippen LogP contribution in [0.25, 0.3) is 0 Å². The highest BCUT2D eigenvalue weighted by Gasteiger charge is 2.39. The molecule has 9 heteroatoms. The standard InChI is InChI=1S/C19H22ClN3O4.ClH/c1-26-12-19(6-8-21-9-7-19)18(25)22-13-4-5-15(14(20)11-13)23-17(24)16-3-2-10-27-16;/h2-5,10-11,21H,6-9,12H2,1H3,(H,22,25)(H,23,24);1H. The van der Waals surface area contributed by atoms with Crippen molar-refractivity contribution in [2.75, 3.05) is 37.4 Å². The van der Waals surface area contributed by atoms with E-state index in [2.05, 4.69) is 16.0 Å². The first-order chi connectivity index (χ1) is 13.0. The van der Waals surface area contributed by atoms with Gasteiger partial charge in [0.15, 0.2) is 5.76 Å². The summed E-state index contributed by atoms with van der Waals surface area (Å²) in [6, 6.07) is 8.14. The van der Waals surface area contributed by atoms with Crippen LogP contribution < -0.4 is 16.0 Å². The van der Waals surface area contributed by atoms with Crippen molar-refractivity contribution >= 4 is 47.2 Å². The second-order valence-corrected chi connectivity index (χ2v) is 6.95. The molecular weight excluding hydrogens is 405 g/mol. The second-order valence-electron chi connectivity index (χ2n) is 6.54. The molecular formula is C19H23Cl2N3O4. The maximum atomic E-state index is 12.9. The van der Waals surface area contributed by atoms with Crippen LogP contribution >= 0.6 is 24.0 Å². The van der Waals surface area contributed by atoms with E-state index >= 15 is 0 Å². The minimum Gasteiger partial charge on any atom is -0.459 e. The van der Waals surface area contributed by atoms with Crippen molar-refractivity contribution in [3.63, 3.8) is 0 Å². The summed E-state index contributed by atoms with van der Waals surface area (Å²) in [6.07, 6.45) is 2.83. The third kappa shape index (κ3) is 5.05. The van der Waals surface area contributed by atoms with Gasteiger partial charge in [-0.2, -0.15) is 0 Å². The average Bonchev–Trinajstić information content (AvgIpc) is 3.20. The number of hydrogen-bond donors (Lipinski definition) is 3. The summed E-state index contributed by atoms with van der Waals surface area (Å²) in [5, 5.41) is 9.18. The highest BCUT2D eigenvalue weighted by atomic mass is 35.5. The van der Waals surface area contributed by atoms with Crippen LogP contribution in [0.5, 0.6) is 0 Å². The van der Waals surface area contributed by atoms with Crippen LogP contribution in [-0.4, -0.2) is 38.6 Å². The van der Waals surface area contributed by atoms with Crippen molar-refractivity contribution < 1.29 is 18.7 Å². The lowest BCUT2D eigenvalue weighted by Crippen LogP contribution is -2.47. The van der Waals surface area contributed by atoms with Crippen molar-refractivity contribution in [2.24, 2.45) is 5.41 Å². The zero-order chi connectivity index (χ0) is 19.3. The predicted octanol–water partition coefficient (Wildman–Crippen LogP) is 3.56. The molecule has 0 aliphatic carbocycles. The average molecular weight is 428 g/mol. The predicted molar refractivity (Wildman–Crippen MR) is 110 cm³/mol. The first kappa shape index (κ1) is 22.2. The Hall–Kier alpha value is -2.06. The number of ether oxygens (including phenoxy) is 1. The zero-order valence-electron chi connectivity index (χ0n) is 15.4. The highest BCUT2D eigenvalue weighted by Crippen LogP contribution is 2.32. The fourth-order valence-electron chi connectivity index (χ4n) is 3.17. The van der Waals surface area contributed by atoms with E-state index in [0.717, 1.165) is 13.1 Å². The number of amides is 2. The van der Waals surface area contributed by atoms with Crippen LogP contribution in [0.3, 0.4) is 0 Å². The zero-order valence-corrected chi connectivity index (χ0v) is 17.0. The first-order valence-corrected chi connectivity index (χ1v) is 9.07. The number of hydrogen-bond acceptors (Lipinski definition) is 5. The fraction of sp³-hybridized carbons (Fsp3) is 0.368. The van der Waals surface area contributed by atoms with E-state index in [1.807, 2.05) is 0 Å². The van der Waals surface area contributed by atoms with Crippen molar-refractivity contribution in [1.82, 2.24) is 5.32 Å². The lowest BCUT2D eigenvalue weighted by Gasteiger charge is -2.35. The molecule has 1 saturated heterocycles. The monoisotopic (exact) mass is 427 g/mol. The van der Waals surface area contributed by atoms with Crippen LogP contribution in [0, 0.1) is 5.41 Å². The Morgan fingerprint density at radius 2 is 2.00 bits per heavy atom. The second kappa shape index (κ2) is 9.93. The highest BCUT2D eigenvalue weighted by molar-refractivity contribution is 6.34. The maximum Gasteiger partial charge on any atom is 0.291 e. The number of nitrogens with one attached hydrogen (secondary N) is 3. The summed E-state index contributed by atoms with van der Waals surface area (Å²) < 4.78 is 10.4. The summed E-state index contributed by atoms with van der Waals surface area (Å²) >= 11 is 6.27. The van der Waals surface area contributed by atoms with E-state index in [1.165, 1.54) is 6.26 Å². The van der Waals surface area contributed by atoms with E-state index in [4.69, 9.17) is 20.8 Å². The van der Waals surface area contributed by atoms with Gasteiger partial charge in [0.2, 0.25) is 5.91 Å². The Labute approximate surface area is 174 Å². The normalized spacial score (nSPS) is 15.4. The molecule has 2 heterocycles. The van der Waals surface area contributed by atoms with Gasteiger partial charge in [0.25, 0.3) is 5.91 Å². The first-order valence-electron chi connectivity index (χ1n) is 8.70. The topological polar surface area (TPSA) is 92.6 Å². The molecule has 28 heavy (non-hydrogen) atoms. The Bertz CT molecular complexity index is 800. The molecule has 1 fully saturated rings. The van der Waals surface area contributed by atoms with E-state index in [9.17, 15) is 9.59 Å². The number of benzene rings is 1. The van der Waals surface area contributed by atoms with Gasteiger partial charge in [-0.1, -0.05) is 11.6 Å². The van der Waals surface area contributed by atoms with Gasteiger partial charge >= 0.3 is 0 Å². The Morgan fingerprint density at radius 3 is 2.61 bits per heavy atom. The minimum absolute atomic E-state index is 0. The Kier molecular flexibility index (Phi) is 7.88. The van der Waals surface area contributed by atoms with Gasteiger partial charge in [0.1, 0.15) is 0 Å². The summed E-state index contributed by atoms with van der Waals surface area (Å²) in [6.45, 7) is 1.91. The number of piperidine rings is 1. The minimum atomic E-state index is -0.557. The molecule has 1 aromatic carbocycles. The van der Waals surface area contributed by atoms with Crippen molar-refractivity contribution in [2.45, 2.75) is 12.8 Å². The van der Waals surface area contributed by atoms with Gasteiger partial charge in [0.05, 0.1) is 29.0 Å². The molecule has 0 radical (unpaired) electrons. The Morgan fingerprint density at radius 1 is 1.25 bits per heavy atom. The van der Waals surface area contributed by atoms with Gasteiger partial charge in [-0.05, 0) is 56.3 Å². The van der Waals surface area contributed by atoms with Crippen LogP contribution in [0.1, 0.15) is 23.4 Å². The molecule has 152 valence electrons. The van der Waals surface area contributed by atoms with Crippen LogP contribution in [0.15, 0.2) is 41.0 Å². The molecule has 3 rings (SSSR count). The Balaban J connectivity index is 0.00000280. The van der Waals surface area contributed by atoms with Gasteiger partial charge in [0, 0.05) is 12.8 Å². The van der Waals surface area contributed by atoms with E-state index in [0.29, 0.717) is 35.8 Å². The smallest absolute Gasteiger partial charge is 0.291 e. The molecule has 0 spiro atoms. The van der Waals surface area contributed by atoms with Gasteiger partial charge in [-0.25, -0.2) is 0 Å². The van der Waals surface area contributed by atoms with Crippen LogP contribution in [-0.2, 0) is 9.53 Å². The van der Waals surface area contributed by atoms with E-state index in [1.54, 1.807) is 37.4 Å². The van der Waals surface area contributed by atoms with Crippen LogP contribution in [0.2, 0.25) is 5.02 Å². The molecule has 0 unspecified atom stereocenters. The van der Waals surface area contributed by atoms with E-state index < -0.39 is 11.3 Å². The third-order valence-corrected chi connectivity index (χ3v) is 5.00. The van der Waals surface area contributed by atoms with Crippen molar-refractivity contribution in [1.29, 1.82) is 0 Å². The van der Waals surface area contributed by atoms with Crippen LogP contribution in [0.4, 0.5) is 11.4 Å². The number of carbonyl (C=O) groups excluding carboxylic acids is 2. The number of methoxy groups -OCH3 is 1. The lowest BCUT2D eigenvalue weighted by molar-refractivity contribution is -0.130. The number of anilines is 2. The molecule has 1 aliphatic rings. The van der Waals surface area contributed by atoms with Gasteiger partial charge in [-0.3, -0.25) is 9.59 Å². The maximum absolute atomic E-state index is 12.9. The quantitative estimate of drug-likeness (QED) is 0.655. The lowest BCUT2D eigenvalue weighted by atomic mass is 9.78. The SMILES string of the molecule is COCC1(C(=O)Nc2ccc(NC(=O)c3ccco3)c(Cl)c2)CCNCC1.Cl. The number of furan rings is 1.